The summed E-state index contributed by atoms with van der Waals surface area (Å²) in [5.41, 5.74) is 3.39. The zero-order valence-electron chi connectivity index (χ0n) is 18.1. The lowest BCUT2D eigenvalue weighted by molar-refractivity contribution is 0.0939. The topological polar surface area (TPSA) is 75.7 Å². The summed E-state index contributed by atoms with van der Waals surface area (Å²) in [6, 6.07) is 9.87. The molecule has 0 radical (unpaired) electrons. The Balaban J connectivity index is 2.32. The highest BCUT2D eigenvalue weighted by molar-refractivity contribution is 7.89. The van der Waals surface area contributed by atoms with Crippen LogP contribution in [0.2, 0.25) is 0 Å². The van der Waals surface area contributed by atoms with E-state index in [2.05, 4.69) is 25.2 Å². The van der Waals surface area contributed by atoms with Gasteiger partial charge in [-0.05, 0) is 66.8 Å². The summed E-state index contributed by atoms with van der Waals surface area (Å²) in [6.07, 6.45) is 0. The SMILES string of the molecule is COc1cc(C)c(C(C)NC(=O)c2cccc(S(=O)(=O)N(C)C)c2)cc1C(C)C. The number of nitrogens with one attached hydrogen (secondary N) is 1. The number of amides is 1. The van der Waals surface area contributed by atoms with E-state index in [1.54, 1.807) is 19.2 Å². The molecule has 1 atom stereocenters. The van der Waals surface area contributed by atoms with Crippen molar-refractivity contribution >= 4 is 15.9 Å². The van der Waals surface area contributed by atoms with Crippen LogP contribution in [0.3, 0.4) is 0 Å². The summed E-state index contributed by atoms with van der Waals surface area (Å²) in [4.78, 5) is 12.9. The molecule has 2 rings (SSSR count). The fourth-order valence-corrected chi connectivity index (χ4v) is 4.12. The zero-order chi connectivity index (χ0) is 21.9. The molecule has 6 nitrogen and oxygen atoms in total. The minimum atomic E-state index is -3.60. The summed E-state index contributed by atoms with van der Waals surface area (Å²) in [5, 5.41) is 2.98. The van der Waals surface area contributed by atoms with Gasteiger partial charge < -0.3 is 10.1 Å². The van der Waals surface area contributed by atoms with Crippen molar-refractivity contribution in [2.75, 3.05) is 21.2 Å². The van der Waals surface area contributed by atoms with Gasteiger partial charge in [-0.1, -0.05) is 19.9 Å². The van der Waals surface area contributed by atoms with E-state index >= 15 is 0 Å². The van der Waals surface area contributed by atoms with Gasteiger partial charge in [-0.15, -0.1) is 0 Å². The monoisotopic (exact) mass is 418 g/mol. The van der Waals surface area contributed by atoms with Gasteiger partial charge in [0.15, 0.2) is 0 Å². The third kappa shape index (κ3) is 4.97. The second-order valence-corrected chi connectivity index (χ2v) is 9.77. The van der Waals surface area contributed by atoms with Crippen LogP contribution in [0.1, 0.15) is 59.8 Å². The van der Waals surface area contributed by atoms with Crippen molar-refractivity contribution in [2.45, 2.75) is 44.6 Å². The minimum Gasteiger partial charge on any atom is -0.496 e. The van der Waals surface area contributed by atoms with E-state index in [4.69, 9.17) is 4.74 Å². The molecule has 1 amide bonds. The Morgan fingerprint density at radius 2 is 1.72 bits per heavy atom. The first kappa shape index (κ1) is 22.9. The third-order valence-electron chi connectivity index (χ3n) is 4.93. The van der Waals surface area contributed by atoms with Crippen molar-refractivity contribution in [1.82, 2.24) is 9.62 Å². The van der Waals surface area contributed by atoms with Gasteiger partial charge in [0.2, 0.25) is 10.0 Å². The molecule has 158 valence electrons. The molecule has 0 saturated carbocycles. The smallest absolute Gasteiger partial charge is 0.251 e. The summed E-state index contributed by atoms with van der Waals surface area (Å²) < 4.78 is 31.3. The van der Waals surface area contributed by atoms with E-state index < -0.39 is 10.0 Å². The molecule has 0 bridgehead atoms. The first-order valence-corrected chi connectivity index (χ1v) is 10.9. The van der Waals surface area contributed by atoms with Crippen LogP contribution in [0.5, 0.6) is 5.75 Å². The minimum absolute atomic E-state index is 0.0884. The van der Waals surface area contributed by atoms with Gasteiger partial charge in [0.25, 0.3) is 5.91 Å². The Labute approximate surface area is 173 Å². The molecule has 0 aromatic heterocycles. The van der Waals surface area contributed by atoms with Crippen molar-refractivity contribution in [2.24, 2.45) is 0 Å². The van der Waals surface area contributed by atoms with Crippen LogP contribution in [0.25, 0.3) is 0 Å². The molecule has 0 aliphatic rings. The van der Waals surface area contributed by atoms with Gasteiger partial charge in [-0.3, -0.25) is 4.79 Å². The standard InChI is InChI=1S/C22H30N2O4S/c1-14(2)19-13-20(15(3)11-21(19)28-7)16(4)23-22(25)17-9-8-10-18(12-17)29(26,27)24(5)6/h8-14,16H,1-7H3,(H,23,25). The van der Waals surface area contributed by atoms with Crippen molar-refractivity contribution in [3.05, 3.63) is 58.7 Å². The molecule has 1 N–H and O–H groups in total. The van der Waals surface area contributed by atoms with Crippen LogP contribution < -0.4 is 10.1 Å². The molecular weight excluding hydrogens is 388 g/mol. The van der Waals surface area contributed by atoms with E-state index in [1.165, 1.54) is 26.2 Å². The van der Waals surface area contributed by atoms with Gasteiger partial charge >= 0.3 is 0 Å². The van der Waals surface area contributed by atoms with Crippen molar-refractivity contribution in [3.8, 4) is 5.75 Å². The van der Waals surface area contributed by atoms with Gasteiger partial charge in [0.1, 0.15) is 5.75 Å². The van der Waals surface area contributed by atoms with Crippen molar-refractivity contribution in [3.63, 3.8) is 0 Å². The maximum Gasteiger partial charge on any atom is 0.251 e. The molecule has 0 aliphatic heterocycles. The second kappa shape index (κ2) is 8.97. The van der Waals surface area contributed by atoms with Crippen molar-refractivity contribution in [1.29, 1.82) is 0 Å². The summed E-state index contributed by atoms with van der Waals surface area (Å²) in [5.74, 6) is 0.788. The first-order chi connectivity index (χ1) is 13.5. The predicted molar refractivity (Wildman–Crippen MR) is 115 cm³/mol. The van der Waals surface area contributed by atoms with Crippen LogP contribution in [0.15, 0.2) is 41.3 Å². The fourth-order valence-electron chi connectivity index (χ4n) is 3.18. The highest BCUT2D eigenvalue weighted by Gasteiger charge is 2.21. The number of sulfonamides is 1. The lowest BCUT2D eigenvalue weighted by Gasteiger charge is -2.21. The zero-order valence-corrected chi connectivity index (χ0v) is 18.9. The number of carbonyl (C=O) groups is 1. The highest BCUT2D eigenvalue weighted by Crippen LogP contribution is 2.32. The van der Waals surface area contributed by atoms with Crippen LogP contribution in [-0.2, 0) is 10.0 Å². The number of methoxy groups -OCH3 is 1. The van der Waals surface area contributed by atoms with E-state index in [0.717, 1.165) is 26.7 Å². The normalized spacial score (nSPS) is 12.9. The molecule has 0 fully saturated rings. The van der Waals surface area contributed by atoms with Gasteiger partial charge in [-0.25, -0.2) is 12.7 Å². The first-order valence-electron chi connectivity index (χ1n) is 9.51. The Morgan fingerprint density at radius 1 is 1.07 bits per heavy atom. The van der Waals surface area contributed by atoms with Gasteiger partial charge in [0.05, 0.1) is 18.0 Å². The number of rotatable bonds is 7. The average molecular weight is 419 g/mol. The van der Waals surface area contributed by atoms with Crippen LogP contribution in [0, 0.1) is 6.92 Å². The lowest BCUT2D eigenvalue weighted by atomic mass is 9.93. The lowest BCUT2D eigenvalue weighted by Crippen LogP contribution is -2.28. The third-order valence-corrected chi connectivity index (χ3v) is 6.74. The Kier molecular flexibility index (Phi) is 7.08. The Bertz CT molecular complexity index is 998. The van der Waals surface area contributed by atoms with E-state index in [9.17, 15) is 13.2 Å². The molecule has 0 saturated heterocycles. The molecule has 0 spiro atoms. The molecular formula is C22H30N2O4S. The highest BCUT2D eigenvalue weighted by atomic mass is 32.2. The summed E-state index contributed by atoms with van der Waals surface area (Å²) >= 11 is 0. The number of hydrogen-bond donors (Lipinski definition) is 1. The Hall–Kier alpha value is -2.38. The number of hydrogen-bond acceptors (Lipinski definition) is 4. The maximum absolute atomic E-state index is 12.8. The van der Waals surface area contributed by atoms with E-state index in [1.807, 2.05) is 19.9 Å². The molecule has 2 aromatic carbocycles. The number of aryl methyl sites for hydroxylation is 1. The van der Waals surface area contributed by atoms with E-state index in [0.29, 0.717) is 5.56 Å². The second-order valence-electron chi connectivity index (χ2n) is 7.62. The predicted octanol–water partition coefficient (Wildman–Crippen LogP) is 3.87. The summed E-state index contributed by atoms with van der Waals surface area (Å²) in [6.45, 7) is 8.08. The molecule has 0 heterocycles. The van der Waals surface area contributed by atoms with Gasteiger partial charge in [-0.2, -0.15) is 0 Å². The van der Waals surface area contributed by atoms with E-state index in [-0.39, 0.29) is 22.8 Å². The van der Waals surface area contributed by atoms with Crippen LogP contribution in [0.4, 0.5) is 0 Å². The number of benzene rings is 2. The molecule has 1 unspecified atom stereocenters. The van der Waals surface area contributed by atoms with Crippen LogP contribution >= 0.6 is 0 Å². The van der Waals surface area contributed by atoms with Crippen LogP contribution in [-0.4, -0.2) is 39.8 Å². The molecule has 0 aliphatic carbocycles. The summed E-state index contributed by atoms with van der Waals surface area (Å²) in [7, 11) is 0.972. The molecule has 7 heteroatoms. The maximum atomic E-state index is 12.8. The van der Waals surface area contributed by atoms with Gasteiger partial charge in [0, 0.05) is 19.7 Å². The molecule has 29 heavy (non-hydrogen) atoms. The number of carbonyl (C=O) groups excluding carboxylic acids is 1. The average Bonchev–Trinajstić information content (AvgIpc) is 2.67. The largest absolute Gasteiger partial charge is 0.496 e. The Morgan fingerprint density at radius 3 is 2.28 bits per heavy atom. The molecule has 2 aromatic rings. The van der Waals surface area contributed by atoms with Crippen molar-refractivity contribution < 1.29 is 17.9 Å². The number of nitrogens with zero attached hydrogens (tertiary/aromatic N) is 1. The quantitative estimate of drug-likeness (QED) is 0.741. The fraction of sp³-hybridized carbons (Fsp3) is 0.409. The number of ether oxygens (including phenoxy) is 1.